The predicted octanol–water partition coefficient (Wildman–Crippen LogP) is -0.176. The molecular weight excluding hydrogens is 218 g/mol. The number of aliphatic hydroxyl groups is 1. The standard InChI is InChI=1S/C10H16F2N2O2/c11-10(12)3-8(5-15)14(6-10)9(16)7-1-2-13-4-7/h7-8,13,15H,1-6H2/t7?,8-/m1/s1. The number of carbonyl (C=O) groups excluding carboxylic acids is 1. The quantitative estimate of drug-likeness (QED) is 0.697. The van der Waals surface area contributed by atoms with Gasteiger partial charge in [-0.3, -0.25) is 4.79 Å². The normalized spacial score (nSPS) is 33.3. The monoisotopic (exact) mass is 234 g/mol. The van der Waals surface area contributed by atoms with Crippen LogP contribution in [0.3, 0.4) is 0 Å². The van der Waals surface area contributed by atoms with Gasteiger partial charge < -0.3 is 15.3 Å². The average molecular weight is 234 g/mol. The fraction of sp³-hybridized carbons (Fsp3) is 0.900. The highest BCUT2D eigenvalue weighted by Gasteiger charge is 2.47. The van der Waals surface area contributed by atoms with Gasteiger partial charge in [0.2, 0.25) is 5.91 Å². The molecule has 2 aliphatic rings. The Morgan fingerprint density at radius 1 is 1.56 bits per heavy atom. The maximum Gasteiger partial charge on any atom is 0.267 e. The van der Waals surface area contributed by atoms with Crippen molar-refractivity contribution in [2.24, 2.45) is 5.92 Å². The Hall–Kier alpha value is -0.750. The summed E-state index contributed by atoms with van der Waals surface area (Å²) in [7, 11) is 0. The van der Waals surface area contributed by atoms with E-state index in [9.17, 15) is 13.6 Å². The summed E-state index contributed by atoms with van der Waals surface area (Å²) in [5.41, 5.74) is 0. The van der Waals surface area contributed by atoms with E-state index in [0.29, 0.717) is 13.0 Å². The number of carbonyl (C=O) groups is 1. The predicted molar refractivity (Wildman–Crippen MR) is 53.1 cm³/mol. The molecule has 0 aromatic heterocycles. The molecule has 0 aliphatic carbocycles. The van der Waals surface area contributed by atoms with Crippen molar-refractivity contribution in [1.29, 1.82) is 0 Å². The van der Waals surface area contributed by atoms with Crippen molar-refractivity contribution in [2.45, 2.75) is 24.8 Å². The zero-order valence-corrected chi connectivity index (χ0v) is 8.96. The maximum absolute atomic E-state index is 13.2. The second kappa shape index (κ2) is 4.25. The zero-order chi connectivity index (χ0) is 11.8. The van der Waals surface area contributed by atoms with Crippen LogP contribution in [0.5, 0.6) is 0 Å². The molecule has 2 N–H and O–H groups in total. The van der Waals surface area contributed by atoms with Gasteiger partial charge in [0.25, 0.3) is 5.92 Å². The molecule has 0 saturated carbocycles. The summed E-state index contributed by atoms with van der Waals surface area (Å²) in [6.45, 7) is 0.374. The summed E-state index contributed by atoms with van der Waals surface area (Å²) in [5, 5.41) is 12.1. The molecule has 16 heavy (non-hydrogen) atoms. The molecule has 2 atom stereocenters. The second-order valence-corrected chi connectivity index (χ2v) is 4.55. The first-order valence-corrected chi connectivity index (χ1v) is 5.53. The van der Waals surface area contributed by atoms with Gasteiger partial charge >= 0.3 is 0 Å². The minimum absolute atomic E-state index is 0.206. The molecule has 0 aromatic carbocycles. The van der Waals surface area contributed by atoms with E-state index in [4.69, 9.17) is 5.11 Å². The lowest BCUT2D eigenvalue weighted by Crippen LogP contribution is -2.42. The van der Waals surface area contributed by atoms with Crippen molar-refractivity contribution >= 4 is 5.91 Å². The van der Waals surface area contributed by atoms with Crippen LogP contribution in [-0.2, 0) is 4.79 Å². The lowest BCUT2D eigenvalue weighted by atomic mass is 10.1. The minimum Gasteiger partial charge on any atom is -0.394 e. The number of aliphatic hydroxyl groups excluding tert-OH is 1. The first-order valence-electron chi connectivity index (χ1n) is 5.53. The largest absolute Gasteiger partial charge is 0.394 e. The van der Waals surface area contributed by atoms with Gasteiger partial charge in [0.05, 0.1) is 25.1 Å². The Bertz CT molecular complexity index is 280. The van der Waals surface area contributed by atoms with Crippen molar-refractivity contribution in [3.8, 4) is 0 Å². The third-order valence-electron chi connectivity index (χ3n) is 3.28. The highest BCUT2D eigenvalue weighted by molar-refractivity contribution is 5.80. The van der Waals surface area contributed by atoms with Crippen molar-refractivity contribution < 1.29 is 18.7 Å². The molecular formula is C10H16F2N2O2. The van der Waals surface area contributed by atoms with Crippen LogP contribution in [0.4, 0.5) is 8.78 Å². The van der Waals surface area contributed by atoms with Gasteiger partial charge in [-0.05, 0) is 13.0 Å². The highest BCUT2D eigenvalue weighted by Crippen LogP contribution is 2.33. The van der Waals surface area contributed by atoms with Crippen LogP contribution in [0.15, 0.2) is 0 Å². The van der Waals surface area contributed by atoms with Gasteiger partial charge in [-0.15, -0.1) is 0 Å². The molecule has 2 saturated heterocycles. The molecule has 0 radical (unpaired) electrons. The van der Waals surface area contributed by atoms with Crippen LogP contribution < -0.4 is 5.32 Å². The molecule has 2 aliphatic heterocycles. The van der Waals surface area contributed by atoms with Crippen molar-refractivity contribution in [3.63, 3.8) is 0 Å². The van der Waals surface area contributed by atoms with Gasteiger partial charge in [-0.1, -0.05) is 0 Å². The van der Waals surface area contributed by atoms with Gasteiger partial charge in [-0.25, -0.2) is 8.78 Å². The number of likely N-dealkylation sites (tertiary alicyclic amines) is 1. The Balaban J connectivity index is 2.04. The molecule has 0 bridgehead atoms. The summed E-state index contributed by atoms with van der Waals surface area (Å²) in [6.07, 6.45) is 0.272. The molecule has 2 heterocycles. The molecule has 4 nitrogen and oxygen atoms in total. The van der Waals surface area contributed by atoms with E-state index in [1.807, 2.05) is 0 Å². The Kier molecular flexibility index (Phi) is 3.12. The van der Waals surface area contributed by atoms with E-state index in [1.165, 1.54) is 0 Å². The van der Waals surface area contributed by atoms with Crippen molar-refractivity contribution in [1.82, 2.24) is 10.2 Å². The molecule has 0 aromatic rings. The maximum atomic E-state index is 13.2. The Labute approximate surface area is 92.6 Å². The average Bonchev–Trinajstić information content (AvgIpc) is 2.83. The van der Waals surface area contributed by atoms with Gasteiger partial charge in [0, 0.05) is 13.0 Å². The number of rotatable bonds is 2. The van der Waals surface area contributed by atoms with Gasteiger partial charge in [-0.2, -0.15) is 0 Å². The summed E-state index contributed by atoms with van der Waals surface area (Å²) in [4.78, 5) is 13.1. The Morgan fingerprint density at radius 2 is 2.31 bits per heavy atom. The van der Waals surface area contributed by atoms with E-state index in [-0.39, 0.29) is 18.4 Å². The van der Waals surface area contributed by atoms with Gasteiger partial charge in [0.15, 0.2) is 0 Å². The van der Waals surface area contributed by atoms with Crippen LogP contribution >= 0.6 is 0 Å². The SMILES string of the molecule is O=C(C1CCNC1)N1CC(F)(F)C[C@@H]1CO. The third-order valence-corrected chi connectivity index (χ3v) is 3.28. The fourth-order valence-corrected chi connectivity index (χ4v) is 2.42. The van der Waals surface area contributed by atoms with Crippen LogP contribution in [0, 0.1) is 5.92 Å². The van der Waals surface area contributed by atoms with Crippen LogP contribution in [0.25, 0.3) is 0 Å². The van der Waals surface area contributed by atoms with E-state index in [0.717, 1.165) is 11.4 Å². The van der Waals surface area contributed by atoms with E-state index >= 15 is 0 Å². The minimum atomic E-state index is -2.85. The van der Waals surface area contributed by atoms with Crippen LogP contribution in [0.2, 0.25) is 0 Å². The second-order valence-electron chi connectivity index (χ2n) is 4.55. The summed E-state index contributed by atoms with van der Waals surface area (Å²) < 4.78 is 26.3. The summed E-state index contributed by atoms with van der Waals surface area (Å²) >= 11 is 0. The van der Waals surface area contributed by atoms with Gasteiger partial charge in [0.1, 0.15) is 0 Å². The number of alkyl halides is 2. The molecule has 2 rings (SSSR count). The number of nitrogens with zero attached hydrogens (tertiary/aromatic N) is 1. The first-order chi connectivity index (χ1) is 7.53. The van der Waals surface area contributed by atoms with E-state index < -0.39 is 24.9 Å². The number of halogens is 2. The zero-order valence-electron chi connectivity index (χ0n) is 8.96. The number of amides is 1. The number of nitrogens with one attached hydrogen (secondary N) is 1. The Morgan fingerprint density at radius 3 is 2.88 bits per heavy atom. The molecule has 0 spiro atoms. The lowest BCUT2D eigenvalue weighted by molar-refractivity contribution is -0.137. The van der Waals surface area contributed by atoms with Crippen LogP contribution in [0.1, 0.15) is 12.8 Å². The first kappa shape index (κ1) is 11.7. The van der Waals surface area contributed by atoms with E-state index in [1.54, 1.807) is 0 Å². The molecule has 2 fully saturated rings. The lowest BCUT2D eigenvalue weighted by Gasteiger charge is -2.25. The molecule has 1 unspecified atom stereocenters. The molecule has 1 amide bonds. The number of hydrogen-bond acceptors (Lipinski definition) is 3. The fourth-order valence-electron chi connectivity index (χ4n) is 2.42. The summed E-state index contributed by atoms with van der Waals surface area (Å²) in [5.74, 6) is -3.31. The topological polar surface area (TPSA) is 52.6 Å². The number of hydrogen-bond donors (Lipinski definition) is 2. The van der Waals surface area contributed by atoms with Crippen molar-refractivity contribution in [2.75, 3.05) is 26.2 Å². The summed E-state index contributed by atoms with van der Waals surface area (Å²) in [6, 6.07) is -0.719. The third kappa shape index (κ3) is 2.17. The van der Waals surface area contributed by atoms with Crippen LogP contribution in [-0.4, -0.2) is 54.1 Å². The highest BCUT2D eigenvalue weighted by atomic mass is 19.3. The van der Waals surface area contributed by atoms with Crippen molar-refractivity contribution in [3.05, 3.63) is 0 Å². The molecule has 6 heteroatoms. The smallest absolute Gasteiger partial charge is 0.267 e. The van der Waals surface area contributed by atoms with E-state index in [2.05, 4.69) is 5.32 Å². The molecule has 92 valence electrons.